The molecule has 0 aliphatic rings. The number of carbonyl (C=O) groups excluding carboxylic acids is 2. The molecule has 0 bridgehead atoms. The van der Waals surface area contributed by atoms with Gasteiger partial charge >= 0.3 is 0 Å². The lowest BCUT2D eigenvalue weighted by Gasteiger charge is -2.12. The molecule has 0 unspecified atom stereocenters. The van der Waals surface area contributed by atoms with Crippen molar-refractivity contribution in [2.45, 2.75) is 6.92 Å². The van der Waals surface area contributed by atoms with Crippen molar-refractivity contribution < 1.29 is 24.2 Å². The molecule has 0 aliphatic heterocycles. The second-order valence-corrected chi connectivity index (χ2v) is 5.03. The van der Waals surface area contributed by atoms with Crippen LogP contribution in [0.5, 0.6) is 11.5 Å². The number of nitrogens with one attached hydrogen (secondary N) is 1. The van der Waals surface area contributed by atoms with Gasteiger partial charge in [-0.1, -0.05) is 18.2 Å². The molecule has 1 amide bonds. The molecule has 0 heterocycles. The highest BCUT2D eigenvalue weighted by Crippen LogP contribution is 2.28. The topological polar surface area (TPSA) is 100 Å². The molecule has 0 aliphatic carbocycles. The third kappa shape index (κ3) is 5.07. The number of hydrazone groups is 1. The average molecular weight is 341 g/mol. The van der Waals surface area contributed by atoms with Gasteiger partial charge in [-0.2, -0.15) is 5.10 Å². The van der Waals surface area contributed by atoms with Crippen molar-refractivity contribution in [1.82, 2.24) is 5.43 Å². The van der Waals surface area contributed by atoms with E-state index in [2.05, 4.69) is 10.5 Å². The summed E-state index contributed by atoms with van der Waals surface area (Å²) in [6, 6.07) is 13.6. The van der Waals surface area contributed by atoms with E-state index in [4.69, 9.17) is 9.47 Å². The molecule has 0 saturated heterocycles. The van der Waals surface area contributed by atoms with Gasteiger partial charge < -0.3 is 19.4 Å². The quantitative estimate of drug-likeness (QED) is 0.598. The highest BCUT2D eigenvalue weighted by Gasteiger charge is 2.09. The summed E-state index contributed by atoms with van der Waals surface area (Å²) in [5.41, 5.74) is 4.22. The molecule has 7 heteroatoms. The number of aliphatic carboxylic acids is 1. The number of amides is 1. The predicted octanol–water partition coefficient (Wildman–Crippen LogP) is 0.978. The molecule has 0 radical (unpaired) electrons. The minimum Gasteiger partial charge on any atom is -0.546 e. The first kappa shape index (κ1) is 18.0. The van der Waals surface area contributed by atoms with Crippen molar-refractivity contribution in [3.63, 3.8) is 0 Å². The van der Waals surface area contributed by atoms with Crippen LogP contribution in [0, 0.1) is 0 Å². The van der Waals surface area contributed by atoms with Crippen LogP contribution in [0.1, 0.15) is 22.8 Å². The molecule has 130 valence electrons. The van der Waals surface area contributed by atoms with Crippen LogP contribution >= 0.6 is 0 Å². The van der Waals surface area contributed by atoms with Crippen LogP contribution < -0.4 is 20.0 Å². The minimum atomic E-state index is -1.33. The zero-order valence-corrected chi connectivity index (χ0v) is 13.8. The second-order valence-electron chi connectivity index (χ2n) is 5.03. The van der Waals surface area contributed by atoms with Gasteiger partial charge in [0.25, 0.3) is 5.91 Å². The molecule has 2 aromatic carbocycles. The SMILES string of the molecule is COc1cc(/C(C)=N\NC(=O)c2ccccc2)ccc1OCC(=O)[O-]. The molecular weight excluding hydrogens is 324 g/mol. The van der Waals surface area contributed by atoms with Gasteiger partial charge in [-0.25, -0.2) is 5.43 Å². The Kier molecular flexibility index (Phi) is 6.11. The van der Waals surface area contributed by atoms with Gasteiger partial charge in [-0.15, -0.1) is 0 Å². The van der Waals surface area contributed by atoms with Crippen molar-refractivity contribution in [1.29, 1.82) is 0 Å². The van der Waals surface area contributed by atoms with Gasteiger partial charge in [0.1, 0.15) is 6.61 Å². The Bertz CT molecular complexity index is 787. The zero-order valence-electron chi connectivity index (χ0n) is 13.8. The molecule has 2 rings (SSSR count). The number of carbonyl (C=O) groups is 2. The van der Waals surface area contributed by atoms with E-state index in [0.717, 1.165) is 0 Å². The third-order valence-corrected chi connectivity index (χ3v) is 3.29. The lowest BCUT2D eigenvalue weighted by Crippen LogP contribution is -2.29. The van der Waals surface area contributed by atoms with Crippen LogP contribution in [0.3, 0.4) is 0 Å². The Morgan fingerprint density at radius 3 is 2.44 bits per heavy atom. The van der Waals surface area contributed by atoms with Gasteiger partial charge in [0, 0.05) is 11.1 Å². The largest absolute Gasteiger partial charge is 0.546 e. The van der Waals surface area contributed by atoms with Gasteiger partial charge in [0.15, 0.2) is 11.5 Å². The van der Waals surface area contributed by atoms with Crippen LogP contribution in [0.4, 0.5) is 0 Å². The Morgan fingerprint density at radius 1 is 1.08 bits per heavy atom. The summed E-state index contributed by atoms with van der Waals surface area (Å²) >= 11 is 0. The zero-order chi connectivity index (χ0) is 18.2. The smallest absolute Gasteiger partial charge is 0.271 e. The van der Waals surface area contributed by atoms with E-state index in [1.807, 2.05) is 6.07 Å². The minimum absolute atomic E-state index is 0.275. The molecule has 2 aromatic rings. The summed E-state index contributed by atoms with van der Waals surface area (Å²) in [7, 11) is 1.44. The van der Waals surface area contributed by atoms with Gasteiger partial charge in [-0.05, 0) is 37.3 Å². The fourth-order valence-electron chi connectivity index (χ4n) is 2.00. The molecule has 0 fully saturated rings. The number of hydrogen-bond acceptors (Lipinski definition) is 6. The maximum atomic E-state index is 12.0. The number of rotatable bonds is 7. The maximum absolute atomic E-state index is 12.0. The molecule has 25 heavy (non-hydrogen) atoms. The molecule has 0 atom stereocenters. The summed E-state index contributed by atoms with van der Waals surface area (Å²) in [6.07, 6.45) is 0. The highest BCUT2D eigenvalue weighted by molar-refractivity contribution is 6.01. The Balaban J connectivity index is 2.11. The van der Waals surface area contributed by atoms with Crippen molar-refractivity contribution in [3.05, 3.63) is 59.7 Å². The number of nitrogens with zero attached hydrogens (tertiary/aromatic N) is 1. The Labute approximate surface area is 144 Å². The van der Waals surface area contributed by atoms with E-state index in [-0.39, 0.29) is 11.7 Å². The van der Waals surface area contributed by atoms with Gasteiger partial charge in [0.2, 0.25) is 0 Å². The maximum Gasteiger partial charge on any atom is 0.271 e. The van der Waals surface area contributed by atoms with Crippen LogP contribution in [0.25, 0.3) is 0 Å². The number of carboxylic acids is 1. The average Bonchev–Trinajstić information content (AvgIpc) is 2.64. The van der Waals surface area contributed by atoms with Crippen LogP contribution in [-0.2, 0) is 4.79 Å². The van der Waals surface area contributed by atoms with E-state index in [0.29, 0.717) is 22.6 Å². The van der Waals surface area contributed by atoms with Crippen LogP contribution in [0.15, 0.2) is 53.6 Å². The van der Waals surface area contributed by atoms with Gasteiger partial charge in [-0.3, -0.25) is 4.79 Å². The fourth-order valence-corrected chi connectivity index (χ4v) is 2.00. The summed E-state index contributed by atoms with van der Waals surface area (Å²) < 4.78 is 10.3. The second kappa shape index (κ2) is 8.49. The van der Waals surface area contributed by atoms with Crippen molar-refractivity contribution in [3.8, 4) is 11.5 Å². The lowest BCUT2D eigenvalue weighted by atomic mass is 10.1. The third-order valence-electron chi connectivity index (χ3n) is 3.29. The summed E-state index contributed by atoms with van der Waals surface area (Å²) in [4.78, 5) is 22.5. The van der Waals surface area contributed by atoms with E-state index in [9.17, 15) is 14.7 Å². The molecular formula is C18H17N2O5-. The highest BCUT2D eigenvalue weighted by atomic mass is 16.5. The summed E-state index contributed by atoms with van der Waals surface area (Å²) in [6.45, 7) is 1.15. The van der Waals surface area contributed by atoms with E-state index in [1.165, 1.54) is 7.11 Å². The Hall–Kier alpha value is -3.35. The molecule has 0 saturated carbocycles. The standard InChI is InChI=1S/C18H18N2O5/c1-12(19-20-18(23)13-6-4-3-5-7-13)14-8-9-15(16(10-14)24-2)25-11-17(21)22/h3-10H,11H2,1-2H3,(H,20,23)(H,21,22)/p-1/b19-12-. The molecule has 0 aromatic heterocycles. The summed E-state index contributed by atoms with van der Waals surface area (Å²) in [5.74, 6) is -1.02. The first-order valence-electron chi connectivity index (χ1n) is 7.42. The van der Waals surface area contributed by atoms with Crippen LogP contribution in [-0.4, -0.2) is 31.3 Å². The van der Waals surface area contributed by atoms with Crippen molar-refractivity contribution >= 4 is 17.6 Å². The van der Waals surface area contributed by atoms with Crippen molar-refractivity contribution in [2.75, 3.05) is 13.7 Å². The van der Waals surface area contributed by atoms with E-state index in [1.54, 1.807) is 49.4 Å². The van der Waals surface area contributed by atoms with E-state index >= 15 is 0 Å². The monoisotopic (exact) mass is 341 g/mol. The normalized spacial score (nSPS) is 10.9. The first-order chi connectivity index (χ1) is 12.0. The Morgan fingerprint density at radius 2 is 1.80 bits per heavy atom. The molecule has 1 N–H and O–H groups in total. The first-order valence-corrected chi connectivity index (χ1v) is 7.42. The van der Waals surface area contributed by atoms with Crippen molar-refractivity contribution in [2.24, 2.45) is 5.10 Å². The number of hydrogen-bond donors (Lipinski definition) is 1. The molecule has 7 nitrogen and oxygen atoms in total. The predicted molar refractivity (Wildman–Crippen MR) is 89.6 cm³/mol. The van der Waals surface area contributed by atoms with Crippen LogP contribution in [0.2, 0.25) is 0 Å². The fraction of sp³-hybridized carbons (Fsp3) is 0.167. The number of ether oxygens (including phenoxy) is 2. The number of methoxy groups -OCH3 is 1. The lowest BCUT2D eigenvalue weighted by molar-refractivity contribution is -0.307. The number of carboxylic acid groups (broad SMARTS) is 1. The van der Waals surface area contributed by atoms with Gasteiger partial charge in [0.05, 0.1) is 18.8 Å². The summed E-state index contributed by atoms with van der Waals surface area (Å²) in [5, 5.41) is 14.5. The number of benzene rings is 2. The van der Waals surface area contributed by atoms with E-state index < -0.39 is 12.6 Å². The molecule has 0 spiro atoms.